The van der Waals surface area contributed by atoms with E-state index in [1.54, 1.807) is 13.8 Å². The summed E-state index contributed by atoms with van der Waals surface area (Å²) >= 11 is 0. The molecule has 7 nitrogen and oxygen atoms in total. The zero-order valence-electron chi connectivity index (χ0n) is 11.6. The average molecular weight is 268 g/mol. The topological polar surface area (TPSA) is 77.3 Å². The predicted molar refractivity (Wildman–Crippen MR) is 68.2 cm³/mol. The molecule has 0 aliphatic rings. The van der Waals surface area contributed by atoms with Crippen molar-refractivity contribution in [2.75, 3.05) is 19.7 Å². The Morgan fingerprint density at radius 3 is 2.68 bits per heavy atom. The van der Waals surface area contributed by atoms with Crippen LogP contribution in [0.25, 0.3) is 0 Å². The fourth-order valence-corrected chi connectivity index (χ4v) is 1.69. The summed E-state index contributed by atoms with van der Waals surface area (Å²) < 4.78 is 6.34. The minimum absolute atomic E-state index is 0.0282. The van der Waals surface area contributed by atoms with Gasteiger partial charge in [0.05, 0.1) is 6.61 Å². The highest BCUT2D eigenvalue weighted by molar-refractivity contribution is 5.84. The molecule has 0 N–H and O–H groups in total. The molecule has 1 heterocycles. The molecule has 1 amide bonds. The molecule has 1 atom stereocenters. The molecule has 0 radical (unpaired) electrons. The number of rotatable bonds is 7. The Morgan fingerprint density at radius 1 is 1.42 bits per heavy atom. The summed E-state index contributed by atoms with van der Waals surface area (Å²) in [5.41, 5.74) is 0. The zero-order chi connectivity index (χ0) is 14.3. The van der Waals surface area contributed by atoms with E-state index >= 15 is 0 Å². The van der Waals surface area contributed by atoms with Crippen molar-refractivity contribution in [2.45, 2.75) is 33.2 Å². The van der Waals surface area contributed by atoms with Crippen molar-refractivity contribution >= 4 is 11.9 Å². The van der Waals surface area contributed by atoms with E-state index in [4.69, 9.17) is 4.74 Å². The van der Waals surface area contributed by atoms with Crippen LogP contribution in [-0.2, 0) is 14.3 Å². The quantitative estimate of drug-likeness (QED) is 0.678. The molecule has 106 valence electrons. The lowest BCUT2D eigenvalue weighted by Gasteiger charge is -2.24. The third-order valence-electron chi connectivity index (χ3n) is 2.62. The van der Waals surface area contributed by atoms with Crippen LogP contribution in [0.15, 0.2) is 12.7 Å². The third kappa shape index (κ3) is 4.35. The largest absolute Gasteiger partial charge is 0.465 e. The molecular formula is C12H20N4O3. The summed E-state index contributed by atoms with van der Waals surface area (Å²) in [5, 5.41) is 3.94. The van der Waals surface area contributed by atoms with Gasteiger partial charge in [-0.1, -0.05) is 6.92 Å². The van der Waals surface area contributed by atoms with Crippen LogP contribution in [0.4, 0.5) is 0 Å². The van der Waals surface area contributed by atoms with Gasteiger partial charge in [0.1, 0.15) is 25.2 Å². The second kappa shape index (κ2) is 7.50. The van der Waals surface area contributed by atoms with Crippen LogP contribution >= 0.6 is 0 Å². The highest BCUT2D eigenvalue weighted by atomic mass is 16.5. The van der Waals surface area contributed by atoms with Crippen LogP contribution in [0.1, 0.15) is 33.2 Å². The first-order chi connectivity index (χ1) is 9.10. The van der Waals surface area contributed by atoms with Crippen molar-refractivity contribution in [3.63, 3.8) is 0 Å². The summed E-state index contributed by atoms with van der Waals surface area (Å²) in [6.45, 7) is 6.21. The smallest absolute Gasteiger partial charge is 0.325 e. The Bertz CT molecular complexity index is 405. The number of esters is 1. The van der Waals surface area contributed by atoms with Gasteiger partial charge in [0.25, 0.3) is 0 Å². The third-order valence-corrected chi connectivity index (χ3v) is 2.62. The molecule has 0 spiro atoms. The van der Waals surface area contributed by atoms with Gasteiger partial charge in [-0.3, -0.25) is 9.59 Å². The molecule has 19 heavy (non-hydrogen) atoms. The Hall–Kier alpha value is -1.92. The molecule has 7 heteroatoms. The minimum Gasteiger partial charge on any atom is -0.465 e. The van der Waals surface area contributed by atoms with Gasteiger partial charge < -0.3 is 9.64 Å². The Morgan fingerprint density at radius 2 is 2.16 bits per heavy atom. The molecule has 0 aliphatic carbocycles. The van der Waals surface area contributed by atoms with Crippen LogP contribution in [0.3, 0.4) is 0 Å². The van der Waals surface area contributed by atoms with Gasteiger partial charge in [-0.05, 0) is 20.3 Å². The first-order valence-electron chi connectivity index (χ1n) is 6.38. The van der Waals surface area contributed by atoms with Gasteiger partial charge in [0.2, 0.25) is 5.91 Å². The van der Waals surface area contributed by atoms with E-state index in [1.807, 2.05) is 6.92 Å². The van der Waals surface area contributed by atoms with Gasteiger partial charge in [0.15, 0.2) is 0 Å². The zero-order valence-corrected chi connectivity index (χ0v) is 11.6. The normalized spacial score (nSPS) is 11.9. The molecule has 1 unspecified atom stereocenters. The number of hydrogen-bond acceptors (Lipinski definition) is 5. The van der Waals surface area contributed by atoms with Crippen molar-refractivity contribution in [1.82, 2.24) is 19.7 Å². The van der Waals surface area contributed by atoms with E-state index in [9.17, 15) is 9.59 Å². The molecular weight excluding hydrogens is 248 g/mol. The predicted octanol–water partition coefficient (Wildman–Crippen LogP) is 0.641. The highest BCUT2D eigenvalue weighted by Crippen LogP contribution is 2.08. The van der Waals surface area contributed by atoms with E-state index in [0.29, 0.717) is 13.2 Å². The van der Waals surface area contributed by atoms with Gasteiger partial charge in [-0.25, -0.2) is 9.67 Å². The number of nitrogens with zero attached hydrogens (tertiary/aromatic N) is 4. The lowest BCUT2D eigenvalue weighted by Crippen LogP contribution is -2.40. The molecule has 0 saturated heterocycles. The lowest BCUT2D eigenvalue weighted by molar-refractivity contribution is -0.150. The molecule has 0 bridgehead atoms. The van der Waals surface area contributed by atoms with Crippen LogP contribution < -0.4 is 0 Å². The van der Waals surface area contributed by atoms with Crippen LogP contribution in [-0.4, -0.2) is 51.2 Å². The molecule has 1 aromatic rings. The summed E-state index contributed by atoms with van der Waals surface area (Å²) in [6, 6.07) is -0.483. The fraction of sp³-hybridized carbons (Fsp3) is 0.667. The monoisotopic (exact) mass is 268 g/mol. The van der Waals surface area contributed by atoms with E-state index in [2.05, 4.69) is 10.1 Å². The van der Waals surface area contributed by atoms with Crippen molar-refractivity contribution < 1.29 is 14.3 Å². The van der Waals surface area contributed by atoms with Crippen molar-refractivity contribution in [3.05, 3.63) is 12.7 Å². The molecule has 0 aliphatic heterocycles. The highest BCUT2D eigenvalue weighted by Gasteiger charge is 2.24. The Balaban J connectivity index is 2.69. The van der Waals surface area contributed by atoms with Crippen LogP contribution in [0.2, 0.25) is 0 Å². The summed E-state index contributed by atoms with van der Waals surface area (Å²) in [4.78, 5) is 29.1. The number of aromatic nitrogens is 3. The van der Waals surface area contributed by atoms with E-state index in [-0.39, 0.29) is 12.5 Å². The average Bonchev–Trinajstić information content (AvgIpc) is 2.90. The van der Waals surface area contributed by atoms with E-state index < -0.39 is 12.0 Å². The molecule has 1 aromatic heterocycles. The van der Waals surface area contributed by atoms with E-state index in [1.165, 1.54) is 22.2 Å². The van der Waals surface area contributed by atoms with Gasteiger partial charge >= 0.3 is 5.97 Å². The maximum Gasteiger partial charge on any atom is 0.325 e. The molecule has 0 aromatic carbocycles. The first kappa shape index (κ1) is 15.1. The maximum absolute atomic E-state index is 12.3. The van der Waals surface area contributed by atoms with Gasteiger partial charge in [-0.15, -0.1) is 0 Å². The molecule has 0 fully saturated rings. The van der Waals surface area contributed by atoms with Gasteiger partial charge in [-0.2, -0.15) is 5.10 Å². The van der Waals surface area contributed by atoms with Crippen molar-refractivity contribution in [3.8, 4) is 0 Å². The second-order valence-electron chi connectivity index (χ2n) is 4.12. The summed E-state index contributed by atoms with van der Waals surface area (Å²) in [5.74, 6) is -0.560. The lowest BCUT2D eigenvalue weighted by atomic mass is 10.2. The van der Waals surface area contributed by atoms with E-state index in [0.717, 1.165) is 6.42 Å². The number of amides is 1. The van der Waals surface area contributed by atoms with Crippen LogP contribution in [0.5, 0.6) is 0 Å². The second-order valence-corrected chi connectivity index (χ2v) is 4.12. The van der Waals surface area contributed by atoms with Crippen molar-refractivity contribution in [1.29, 1.82) is 0 Å². The number of carbonyl (C=O) groups is 2. The summed E-state index contributed by atoms with van der Waals surface area (Å²) in [7, 11) is 0. The fourth-order valence-electron chi connectivity index (χ4n) is 1.69. The standard InChI is InChI=1S/C12H20N4O3/c1-4-6-15(7-11(17)19-5-2)12(18)10(3)16-9-13-8-14-16/h8-10H,4-7H2,1-3H3. The Labute approximate surface area is 112 Å². The molecule has 1 rings (SSSR count). The van der Waals surface area contributed by atoms with Gasteiger partial charge in [0, 0.05) is 6.54 Å². The number of hydrogen-bond donors (Lipinski definition) is 0. The Kier molecular flexibility index (Phi) is 5.98. The first-order valence-corrected chi connectivity index (χ1v) is 6.38. The summed E-state index contributed by atoms with van der Waals surface area (Å²) in [6.07, 6.45) is 3.63. The number of ether oxygens (including phenoxy) is 1. The SMILES string of the molecule is CCCN(CC(=O)OCC)C(=O)C(C)n1cncn1. The van der Waals surface area contributed by atoms with Crippen molar-refractivity contribution in [2.24, 2.45) is 0 Å². The molecule has 0 saturated carbocycles. The number of carbonyl (C=O) groups excluding carboxylic acids is 2. The maximum atomic E-state index is 12.3. The minimum atomic E-state index is -0.483. The van der Waals surface area contributed by atoms with Crippen LogP contribution in [0, 0.1) is 0 Å².